The fourth-order valence-electron chi connectivity index (χ4n) is 5.58. The Kier molecular flexibility index (Phi) is 5.29. The third kappa shape index (κ3) is 3.55. The number of nitrogens with zero attached hydrogens (tertiary/aromatic N) is 1. The molecule has 0 spiro atoms. The summed E-state index contributed by atoms with van der Waals surface area (Å²) in [6, 6.07) is 14.9. The number of ether oxygens (including phenoxy) is 1. The maximum atomic E-state index is 13.6. The molecule has 1 saturated heterocycles. The van der Waals surface area contributed by atoms with Crippen LogP contribution in [0.4, 0.5) is 0 Å². The number of fused-ring (bicyclic) bond motifs is 3. The summed E-state index contributed by atoms with van der Waals surface area (Å²) in [7, 11) is 0. The number of hydrogen-bond acceptors (Lipinski definition) is 3. The lowest BCUT2D eigenvalue weighted by Crippen LogP contribution is -2.53. The second-order valence-electron chi connectivity index (χ2n) is 9.82. The van der Waals surface area contributed by atoms with E-state index in [0.717, 1.165) is 24.3 Å². The van der Waals surface area contributed by atoms with Crippen LogP contribution < -0.4 is 4.74 Å². The van der Waals surface area contributed by atoms with Crippen LogP contribution in [0.2, 0.25) is 0 Å². The van der Waals surface area contributed by atoms with Crippen molar-refractivity contribution in [2.75, 3.05) is 13.2 Å². The molecule has 1 amide bonds. The maximum Gasteiger partial charge on any atom is 0.257 e. The second-order valence-corrected chi connectivity index (χ2v) is 10.8. The molecule has 1 aromatic heterocycles. The first-order valence-electron chi connectivity index (χ1n) is 11.5. The quantitative estimate of drug-likeness (QED) is 0.459. The Bertz CT molecular complexity index is 1120. The average molecular weight is 434 g/mol. The molecule has 31 heavy (non-hydrogen) atoms. The molecule has 0 radical (unpaired) electrons. The van der Waals surface area contributed by atoms with E-state index in [2.05, 4.69) is 74.4 Å². The largest absolute Gasteiger partial charge is 0.491 e. The van der Waals surface area contributed by atoms with Crippen LogP contribution in [-0.2, 0) is 0 Å². The van der Waals surface area contributed by atoms with Gasteiger partial charge in [-0.3, -0.25) is 4.79 Å². The molecule has 3 unspecified atom stereocenters. The SMILES string of the molecule is CC(C)C1CC2COc3cc(-c4cccc5sccc45)ccc3C(=O)N2CC1C(C)C. The Morgan fingerprint density at radius 3 is 2.58 bits per heavy atom. The van der Waals surface area contributed by atoms with Gasteiger partial charge in [0, 0.05) is 16.6 Å². The highest BCUT2D eigenvalue weighted by Gasteiger charge is 2.42. The van der Waals surface area contributed by atoms with Crippen LogP contribution in [0.5, 0.6) is 5.75 Å². The van der Waals surface area contributed by atoms with Crippen molar-refractivity contribution < 1.29 is 9.53 Å². The predicted octanol–water partition coefficient (Wildman–Crippen LogP) is 6.72. The third-order valence-electron chi connectivity index (χ3n) is 7.37. The van der Waals surface area contributed by atoms with Crippen LogP contribution in [0.15, 0.2) is 47.8 Å². The Balaban J connectivity index is 1.50. The number of piperidine rings is 1. The van der Waals surface area contributed by atoms with E-state index in [-0.39, 0.29) is 11.9 Å². The smallest absolute Gasteiger partial charge is 0.257 e. The van der Waals surface area contributed by atoms with Gasteiger partial charge in [-0.25, -0.2) is 0 Å². The van der Waals surface area contributed by atoms with Gasteiger partial charge >= 0.3 is 0 Å². The van der Waals surface area contributed by atoms with Crippen LogP contribution in [-0.4, -0.2) is 30.0 Å². The summed E-state index contributed by atoms with van der Waals surface area (Å²) in [6.07, 6.45) is 1.03. The molecule has 2 aliphatic heterocycles. The predicted molar refractivity (Wildman–Crippen MR) is 129 cm³/mol. The van der Waals surface area contributed by atoms with Crippen molar-refractivity contribution in [2.24, 2.45) is 23.7 Å². The number of amides is 1. The van der Waals surface area contributed by atoms with Crippen molar-refractivity contribution in [3.05, 3.63) is 53.4 Å². The molecule has 3 nitrogen and oxygen atoms in total. The second kappa shape index (κ2) is 7.98. The summed E-state index contributed by atoms with van der Waals surface area (Å²) in [4.78, 5) is 15.7. The van der Waals surface area contributed by atoms with E-state index in [1.54, 1.807) is 11.3 Å². The van der Waals surface area contributed by atoms with Gasteiger partial charge in [0.05, 0.1) is 11.6 Å². The fraction of sp³-hybridized carbons (Fsp3) is 0.444. The summed E-state index contributed by atoms with van der Waals surface area (Å²) in [5.74, 6) is 3.21. The zero-order valence-electron chi connectivity index (χ0n) is 18.8. The van der Waals surface area contributed by atoms with Crippen molar-refractivity contribution in [2.45, 2.75) is 40.2 Å². The van der Waals surface area contributed by atoms with E-state index in [9.17, 15) is 4.79 Å². The lowest BCUT2D eigenvalue weighted by molar-refractivity contribution is 0.0102. The maximum absolute atomic E-state index is 13.6. The normalized spacial score (nSPS) is 23.6. The summed E-state index contributed by atoms with van der Waals surface area (Å²) >= 11 is 1.75. The topological polar surface area (TPSA) is 29.5 Å². The average Bonchev–Trinajstić information content (AvgIpc) is 3.20. The minimum absolute atomic E-state index is 0.130. The molecule has 162 valence electrons. The molecule has 2 aliphatic rings. The molecular formula is C27H31NO2S. The van der Waals surface area contributed by atoms with E-state index in [0.29, 0.717) is 35.8 Å². The lowest BCUT2D eigenvalue weighted by Gasteiger charge is -2.46. The Labute approximate surface area is 189 Å². The van der Waals surface area contributed by atoms with E-state index in [4.69, 9.17) is 4.74 Å². The van der Waals surface area contributed by atoms with Gasteiger partial charge < -0.3 is 9.64 Å². The van der Waals surface area contributed by atoms with E-state index in [1.165, 1.54) is 15.6 Å². The number of rotatable bonds is 3. The summed E-state index contributed by atoms with van der Waals surface area (Å²) in [5.41, 5.74) is 3.00. The molecule has 3 aromatic rings. The number of hydrogen-bond donors (Lipinski definition) is 0. The molecule has 4 heteroatoms. The molecule has 3 heterocycles. The fourth-order valence-corrected chi connectivity index (χ4v) is 6.39. The molecular weight excluding hydrogens is 402 g/mol. The first kappa shape index (κ1) is 20.6. The number of benzene rings is 2. The molecule has 1 fully saturated rings. The Morgan fingerprint density at radius 1 is 1.00 bits per heavy atom. The molecule has 2 aromatic carbocycles. The minimum atomic E-state index is 0.130. The van der Waals surface area contributed by atoms with Crippen molar-refractivity contribution in [3.8, 4) is 16.9 Å². The monoisotopic (exact) mass is 433 g/mol. The number of carbonyl (C=O) groups excluding carboxylic acids is 1. The number of thiophene rings is 1. The van der Waals surface area contributed by atoms with Gasteiger partial charge in [0.2, 0.25) is 0 Å². The Morgan fingerprint density at radius 2 is 1.81 bits per heavy atom. The van der Waals surface area contributed by atoms with Gasteiger partial charge in [0.15, 0.2) is 0 Å². The summed E-state index contributed by atoms with van der Waals surface area (Å²) < 4.78 is 7.59. The molecule has 3 atom stereocenters. The summed E-state index contributed by atoms with van der Waals surface area (Å²) in [6.45, 7) is 10.7. The van der Waals surface area contributed by atoms with Gasteiger partial charge in [0.1, 0.15) is 12.4 Å². The van der Waals surface area contributed by atoms with Crippen molar-refractivity contribution in [1.29, 1.82) is 0 Å². The molecule has 0 N–H and O–H groups in total. The highest BCUT2D eigenvalue weighted by molar-refractivity contribution is 7.17. The third-order valence-corrected chi connectivity index (χ3v) is 8.25. The zero-order valence-corrected chi connectivity index (χ0v) is 19.6. The highest BCUT2D eigenvalue weighted by atomic mass is 32.1. The lowest BCUT2D eigenvalue weighted by atomic mass is 9.71. The molecule has 0 bridgehead atoms. The Hall–Kier alpha value is -2.33. The van der Waals surface area contributed by atoms with Crippen molar-refractivity contribution in [3.63, 3.8) is 0 Å². The highest BCUT2D eigenvalue weighted by Crippen LogP contribution is 2.41. The standard InChI is InChI=1S/C27H31NO2S/c1-16(2)23-13-19-15-30-25-12-18(20-6-5-7-26-21(20)10-11-31-26)8-9-22(25)27(29)28(19)14-24(23)17(3)4/h5-12,16-17,19,23-24H,13-15H2,1-4H3. The zero-order chi connectivity index (χ0) is 21.7. The van der Waals surface area contributed by atoms with Gasteiger partial charge in [-0.15, -0.1) is 11.3 Å². The van der Waals surface area contributed by atoms with E-state index < -0.39 is 0 Å². The summed E-state index contributed by atoms with van der Waals surface area (Å²) in [5, 5.41) is 3.38. The first-order chi connectivity index (χ1) is 14.9. The van der Waals surface area contributed by atoms with Crippen LogP contribution in [0.3, 0.4) is 0 Å². The molecule has 5 rings (SSSR count). The van der Waals surface area contributed by atoms with Gasteiger partial charge in [-0.1, -0.05) is 45.9 Å². The molecule has 0 aliphatic carbocycles. The van der Waals surface area contributed by atoms with Gasteiger partial charge in [-0.05, 0) is 70.9 Å². The molecule has 0 saturated carbocycles. The van der Waals surface area contributed by atoms with E-state index >= 15 is 0 Å². The van der Waals surface area contributed by atoms with Crippen LogP contribution in [0.1, 0.15) is 44.5 Å². The first-order valence-corrected chi connectivity index (χ1v) is 12.4. The van der Waals surface area contributed by atoms with Crippen LogP contribution >= 0.6 is 11.3 Å². The van der Waals surface area contributed by atoms with Crippen molar-refractivity contribution >= 4 is 27.3 Å². The van der Waals surface area contributed by atoms with Crippen molar-refractivity contribution in [1.82, 2.24) is 4.90 Å². The van der Waals surface area contributed by atoms with Gasteiger partial charge in [-0.2, -0.15) is 0 Å². The number of carbonyl (C=O) groups is 1. The minimum Gasteiger partial charge on any atom is -0.491 e. The van der Waals surface area contributed by atoms with E-state index in [1.807, 2.05) is 6.07 Å². The van der Waals surface area contributed by atoms with Crippen LogP contribution in [0.25, 0.3) is 21.2 Å². The van der Waals surface area contributed by atoms with Gasteiger partial charge in [0.25, 0.3) is 5.91 Å². The van der Waals surface area contributed by atoms with Crippen LogP contribution in [0, 0.1) is 23.7 Å².